The third-order valence-electron chi connectivity index (χ3n) is 2.65. The molecule has 4 heteroatoms. The average Bonchev–Trinajstić information content (AvgIpc) is 2.83. The van der Waals surface area contributed by atoms with E-state index in [1.165, 1.54) is 0 Å². The Labute approximate surface area is 94.0 Å². The molecule has 1 aliphatic heterocycles. The first-order valence-corrected chi connectivity index (χ1v) is 5.41. The minimum Gasteiger partial charge on any atom is -0.306 e. The van der Waals surface area contributed by atoms with Gasteiger partial charge in [-0.2, -0.15) is 0 Å². The molecule has 2 rings (SSSR count). The van der Waals surface area contributed by atoms with Gasteiger partial charge in [0.25, 0.3) is 5.91 Å². The second-order valence-corrected chi connectivity index (χ2v) is 3.83. The van der Waals surface area contributed by atoms with Crippen molar-refractivity contribution in [3.05, 3.63) is 35.9 Å². The number of imide groups is 1. The molecule has 1 aromatic rings. The molecule has 16 heavy (non-hydrogen) atoms. The highest BCUT2D eigenvalue weighted by Gasteiger charge is 2.23. The van der Waals surface area contributed by atoms with Crippen LogP contribution in [-0.2, 0) is 4.79 Å². The molecule has 1 atom stereocenters. The van der Waals surface area contributed by atoms with Gasteiger partial charge in [-0.3, -0.25) is 14.9 Å². The van der Waals surface area contributed by atoms with Gasteiger partial charge in [0.05, 0.1) is 6.04 Å². The van der Waals surface area contributed by atoms with Gasteiger partial charge in [-0.1, -0.05) is 18.2 Å². The van der Waals surface area contributed by atoms with Crippen molar-refractivity contribution in [1.29, 1.82) is 0 Å². The molecular formula is C12H14N2O2. The van der Waals surface area contributed by atoms with Gasteiger partial charge in [0.15, 0.2) is 0 Å². The molecule has 2 amide bonds. The Balaban J connectivity index is 1.94. The van der Waals surface area contributed by atoms with Crippen molar-refractivity contribution in [2.24, 2.45) is 0 Å². The summed E-state index contributed by atoms with van der Waals surface area (Å²) in [6, 6.07) is 8.53. The van der Waals surface area contributed by atoms with E-state index in [1.54, 1.807) is 24.3 Å². The Morgan fingerprint density at radius 3 is 2.62 bits per heavy atom. The van der Waals surface area contributed by atoms with E-state index in [9.17, 15) is 9.59 Å². The zero-order valence-electron chi connectivity index (χ0n) is 8.90. The highest BCUT2D eigenvalue weighted by atomic mass is 16.2. The van der Waals surface area contributed by atoms with Crippen LogP contribution in [0.5, 0.6) is 0 Å². The normalized spacial score (nSPS) is 19.4. The molecule has 0 aliphatic carbocycles. The van der Waals surface area contributed by atoms with E-state index in [0.717, 1.165) is 19.4 Å². The van der Waals surface area contributed by atoms with E-state index in [1.807, 2.05) is 6.07 Å². The molecule has 0 radical (unpaired) electrons. The van der Waals surface area contributed by atoms with Gasteiger partial charge < -0.3 is 5.32 Å². The van der Waals surface area contributed by atoms with Crippen molar-refractivity contribution in [1.82, 2.24) is 10.6 Å². The van der Waals surface area contributed by atoms with Gasteiger partial charge in [-0.05, 0) is 31.5 Å². The Hall–Kier alpha value is -1.68. The minimum atomic E-state index is -0.334. The molecule has 1 saturated heterocycles. The number of carbonyl (C=O) groups excluding carboxylic acids is 2. The van der Waals surface area contributed by atoms with Crippen molar-refractivity contribution in [2.75, 3.05) is 6.54 Å². The predicted molar refractivity (Wildman–Crippen MR) is 59.9 cm³/mol. The lowest BCUT2D eigenvalue weighted by Crippen LogP contribution is -2.43. The standard InChI is InChI=1S/C12H14N2O2/c15-11(9-5-2-1-3-6-9)14-12(16)10-7-4-8-13-10/h1-3,5-6,10,13H,4,7-8H2,(H,14,15,16). The largest absolute Gasteiger partial charge is 0.306 e. The van der Waals surface area contributed by atoms with E-state index < -0.39 is 0 Å². The Bertz CT molecular complexity index is 383. The smallest absolute Gasteiger partial charge is 0.257 e. The highest BCUT2D eigenvalue weighted by Crippen LogP contribution is 2.05. The average molecular weight is 218 g/mol. The van der Waals surface area contributed by atoms with Crippen molar-refractivity contribution >= 4 is 11.8 Å². The van der Waals surface area contributed by atoms with Gasteiger partial charge in [-0.15, -0.1) is 0 Å². The number of hydrogen-bond acceptors (Lipinski definition) is 3. The monoisotopic (exact) mass is 218 g/mol. The second-order valence-electron chi connectivity index (χ2n) is 3.83. The van der Waals surface area contributed by atoms with Crippen molar-refractivity contribution in [3.63, 3.8) is 0 Å². The van der Waals surface area contributed by atoms with E-state index in [2.05, 4.69) is 10.6 Å². The molecule has 4 nitrogen and oxygen atoms in total. The molecule has 1 aliphatic rings. The summed E-state index contributed by atoms with van der Waals surface area (Å²) in [7, 11) is 0. The van der Waals surface area contributed by atoms with Crippen LogP contribution < -0.4 is 10.6 Å². The van der Waals surface area contributed by atoms with Gasteiger partial charge in [0, 0.05) is 5.56 Å². The number of amides is 2. The topological polar surface area (TPSA) is 58.2 Å². The zero-order valence-corrected chi connectivity index (χ0v) is 8.90. The van der Waals surface area contributed by atoms with Crippen LogP contribution in [-0.4, -0.2) is 24.4 Å². The molecule has 1 aromatic carbocycles. The highest BCUT2D eigenvalue weighted by molar-refractivity contribution is 6.06. The van der Waals surface area contributed by atoms with Crippen molar-refractivity contribution in [2.45, 2.75) is 18.9 Å². The molecule has 0 spiro atoms. The van der Waals surface area contributed by atoms with E-state index in [0.29, 0.717) is 5.56 Å². The van der Waals surface area contributed by atoms with Crippen molar-refractivity contribution < 1.29 is 9.59 Å². The molecule has 0 bridgehead atoms. The van der Waals surface area contributed by atoms with E-state index in [4.69, 9.17) is 0 Å². The number of benzene rings is 1. The summed E-state index contributed by atoms with van der Waals surface area (Å²) in [6.07, 6.45) is 1.78. The fraction of sp³-hybridized carbons (Fsp3) is 0.333. The summed E-state index contributed by atoms with van der Waals surface area (Å²) in [4.78, 5) is 23.3. The zero-order chi connectivity index (χ0) is 11.4. The van der Waals surface area contributed by atoms with Crippen LogP contribution in [0.25, 0.3) is 0 Å². The third-order valence-corrected chi connectivity index (χ3v) is 2.65. The van der Waals surface area contributed by atoms with Gasteiger partial charge in [0.2, 0.25) is 5.91 Å². The Morgan fingerprint density at radius 2 is 2.00 bits per heavy atom. The summed E-state index contributed by atoms with van der Waals surface area (Å²) in [6.45, 7) is 0.845. The lowest BCUT2D eigenvalue weighted by Gasteiger charge is -2.09. The Kier molecular flexibility index (Phi) is 3.31. The molecule has 0 aromatic heterocycles. The first-order chi connectivity index (χ1) is 7.77. The number of hydrogen-bond donors (Lipinski definition) is 2. The van der Waals surface area contributed by atoms with E-state index in [-0.39, 0.29) is 17.9 Å². The van der Waals surface area contributed by atoms with Gasteiger partial charge in [0.1, 0.15) is 0 Å². The Morgan fingerprint density at radius 1 is 1.25 bits per heavy atom. The molecule has 1 unspecified atom stereocenters. The van der Waals surface area contributed by atoms with Crippen LogP contribution in [0.15, 0.2) is 30.3 Å². The van der Waals surface area contributed by atoms with Crippen LogP contribution in [0.2, 0.25) is 0 Å². The maximum Gasteiger partial charge on any atom is 0.257 e. The van der Waals surface area contributed by atoms with Crippen LogP contribution in [0, 0.1) is 0 Å². The predicted octanol–water partition coefficient (Wildman–Crippen LogP) is 0.695. The summed E-state index contributed by atoms with van der Waals surface area (Å²) < 4.78 is 0. The fourth-order valence-electron chi connectivity index (χ4n) is 1.77. The van der Waals surface area contributed by atoms with E-state index >= 15 is 0 Å². The fourth-order valence-corrected chi connectivity index (χ4v) is 1.77. The van der Waals surface area contributed by atoms with Gasteiger partial charge in [-0.25, -0.2) is 0 Å². The number of nitrogens with one attached hydrogen (secondary N) is 2. The molecule has 0 saturated carbocycles. The van der Waals surface area contributed by atoms with Crippen LogP contribution in [0.1, 0.15) is 23.2 Å². The first kappa shape index (κ1) is 10.8. The SMILES string of the molecule is O=C(NC(=O)C1CCCN1)c1ccccc1. The molecule has 84 valence electrons. The maximum absolute atomic E-state index is 11.7. The molecule has 2 N–H and O–H groups in total. The number of rotatable bonds is 2. The van der Waals surface area contributed by atoms with Crippen LogP contribution in [0.4, 0.5) is 0 Å². The minimum absolute atomic E-state index is 0.215. The second kappa shape index (κ2) is 4.90. The molecular weight excluding hydrogens is 204 g/mol. The summed E-state index contributed by atoms with van der Waals surface area (Å²) in [5.41, 5.74) is 0.508. The summed E-state index contributed by atoms with van der Waals surface area (Å²) in [5, 5.41) is 5.45. The third kappa shape index (κ3) is 2.46. The van der Waals surface area contributed by atoms with Crippen LogP contribution >= 0.6 is 0 Å². The maximum atomic E-state index is 11.7. The lowest BCUT2D eigenvalue weighted by molar-refractivity contribution is -0.121. The first-order valence-electron chi connectivity index (χ1n) is 5.41. The summed E-state index contributed by atoms with van der Waals surface area (Å²) >= 11 is 0. The van der Waals surface area contributed by atoms with Crippen molar-refractivity contribution in [3.8, 4) is 0 Å². The van der Waals surface area contributed by atoms with Gasteiger partial charge >= 0.3 is 0 Å². The van der Waals surface area contributed by atoms with Crippen LogP contribution in [0.3, 0.4) is 0 Å². The number of carbonyl (C=O) groups is 2. The molecule has 1 heterocycles. The quantitative estimate of drug-likeness (QED) is 0.718. The summed E-state index contributed by atoms with van der Waals surface area (Å²) in [5.74, 6) is -0.564. The molecule has 1 fully saturated rings. The lowest BCUT2D eigenvalue weighted by atomic mass is 10.2.